The molecule has 2 N–H and O–H groups in total. The number of hydrogen-bond acceptors (Lipinski definition) is 3. The van der Waals surface area contributed by atoms with Crippen LogP contribution < -0.4 is 10.6 Å². The molecule has 1 saturated carbocycles. The van der Waals surface area contributed by atoms with E-state index in [-0.39, 0.29) is 36.2 Å². The Morgan fingerprint density at radius 1 is 1.06 bits per heavy atom. The van der Waals surface area contributed by atoms with Gasteiger partial charge in [0.25, 0.3) is 5.91 Å². The van der Waals surface area contributed by atoms with Crippen molar-refractivity contribution in [3.8, 4) is 0 Å². The highest BCUT2D eigenvalue weighted by molar-refractivity contribution is 6.01. The molecular formula is C25H28FN3O3. The number of carbonyl (C=O) groups is 3. The zero-order valence-corrected chi connectivity index (χ0v) is 18.4. The van der Waals surface area contributed by atoms with Gasteiger partial charge < -0.3 is 15.5 Å². The molecule has 168 valence electrons. The lowest BCUT2D eigenvalue weighted by molar-refractivity contribution is -0.135. The van der Waals surface area contributed by atoms with Crippen LogP contribution in [0, 0.1) is 19.7 Å². The van der Waals surface area contributed by atoms with Crippen molar-refractivity contribution in [2.24, 2.45) is 0 Å². The zero-order chi connectivity index (χ0) is 22.8. The van der Waals surface area contributed by atoms with Crippen molar-refractivity contribution in [1.29, 1.82) is 0 Å². The topological polar surface area (TPSA) is 78.5 Å². The van der Waals surface area contributed by atoms with Crippen LogP contribution >= 0.6 is 0 Å². The van der Waals surface area contributed by atoms with Crippen LogP contribution in [-0.4, -0.2) is 40.7 Å². The number of nitrogens with one attached hydrogen (secondary N) is 2. The van der Waals surface area contributed by atoms with Crippen LogP contribution in [0.3, 0.4) is 0 Å². The molecule has 32 heavy (non-hydrogen) atoms. The lowest BCUT2D eigenvalue weighted by atomic mass is 9.84. The first kappa shape index (κ1) is 22.0. The fourth-order valence-corrected chi connectivity index (χ4v) is 4.68. The molecule has 1 aliphatic carbocycles. The first-order valence-electron chi connectivity index (χ1n) is 11.1. The van der Waals surface area contributed by atoms with Crippen LogP contribution in [0.1, 0.15) is 53.6 Å². The molecule has 3 atom stereocenters. The number of benzene rings is 2. The Bertz CT molecular complexity index is 1040. The number of amides is 3. The minimum Gasteiger partial charge on any atom is -0.349 e. The predicted molar refractivity (Wildman–Crippen MR) is 120 cm³/mol. The fraction of sp³-hybridized carbons (Fsp3) is 0.400. The molecule has 0 spiro atoms. The summed E-state index contributed by atoms with van der Waals surface area (Å²) in [7, 11) is 0. The Morgan fingerprint density at radius 3 is 2.50 bits per heavy atom. The highest BCUT2D eigenvalue weighted by atomic mass is 19.1. The van der Waals surface area contributed by atoms with Gasteiger partial charge in [0.05, 0.1) is 12.5 Å². The van der Waals surface area contributed by atoms with Crippen molar-refractivity contribution in [3.63, 3.8) is 0 Å². The maximum atomic E-state index is 13.4. The second-order valence-corrected chi connectivity index (χ2v) is 8.75. The molecule has 1 saturated heterocycles. The summed E-state index contributed by atoms with van der Waals surface area (Å²) in [5.74, 6) is -1.43. The van der Waals surface area contributed by atoms with Crippen LogP contribution in [0.4, 0.5) is 10.1 Å². The molecule has 2 aromatic rings. The Balaban J connectivity index is 1.58. The van der Waals surface area contributed by atoms with Crippen molar-refractivity contribution in [2.45, 2.75) is 64.1 Å². The van der Waals surface area contributed by atoms with E-state index in [1.165, 1.54) is 24.3 Å². The molecular weight excluding hydrogens is 409 g/mol. The third-order valence-electron chi connectivity index (χ3n) is 6.55. The van der Waals surface area contributed by atoms with Crippen LogP contribution in [0.25, 0.3) is 0 Å². The second-order valence-electron chi connectivity index (χ2n) is 8.75. The molecule has 3 amide bonds. The van der Waals surface area contributed by atoms with Crippen LogP contribution in [0.15, 0.2) is 42.5 Å². The van der Waals surface area contributed by atoms with E-state index in [9.17, 15) is 18.8 Å². The van der Waals surface area contributed by atoms with Gasteiger partial charge in [-0.3, -0.25) is 14.4 Å². The quantitative estimate of drug-likeness (QED) is 0.765. The molecule has 2 aromatic carbocycles. The van der Waals surface area contributed by atoms with E-state index >= 15 is 0 Å². The Morgan fingerprint density at radius 2 is 1.78 bits per heavy atom. The summed E-state index contributed by atoms with van der Waals surface area (Å²) < 4.78 is 13.4. The van der Waals surface area contributed by atoms with Gasteiger partial charge in [-0.25, -0.2) is 4.39 Å². The molecule has 2 fully saturated rings. The molecule has 0 bridgehead atoms. The lowest BCUT2D eigenvalue weighted by Crippen LogP contribution is -2.68. The number of anilines is 1. The van der Waals surface area contributed by atoms with Crippen LogP contribution in [-0.2, 0) is 9.59 Å². The maximum absolute atomic E-state index is 13.4. The molecule has 7 heteroatoms. The minimum atomic E-state index is -0.918. The number of rotatable bonds is 4. The van der Waals surface area contributed by atoms with Crippen molar-refractivity contribution in [2.75, 3.05) is 5.32 Å². The number of fused-ring (bicyclic) bond motifs is 1. The summed E-state index contributed by atoms with van der Waals surface area (Å²) in [5.41, 5.74) is 3.14. The van der Waals surface area contributed by atoms with Crippen LogP contribution in [0.5, 0.6) is 0 Å². The standard InChI is InChI=1S/C25H28FN3O3/c1-15-7-12-19(13-16(15)2)27-23(30)14-22-24(31)28-20-5-3-4-6-21(20)29(22)25(32)17-8-10-18(26)11-9-17/h7-13,20-22H,3-6,14H2,1-2H3,(H,27,30)(H,28,31)/t20-,21+,22+/m0/s1. The second kappa shape index (κ2) is 9.10. The smallest absolute Gasteiger partial charge is 0.254 e. The summed E-state index contributed by atoms with van der Waals surface area (Å²) in [6, 6.07) is 9.72. The Labute approximate surface area is 187 Å². The number of hydrogen-bond donors (Lipinski definition) is 2. The van der Waals surface area contributed by atoms with E-state index in [0.717, 1.165) is 36.8 Å². The van der Waals surface area contributed by atoms with Gasteiger partial charge in [0, 0.05) is 17.3 Å². The van der Waals surface area contributed by atoms with Gasteiger partial charge >= 0.3 is 0 Å². The summed E-state index contributed by atoms with van der Waals surface area (Å²) in [6.07, 6.45) is 3.34. The minimum absolute atomic E-state index is 0.125. The maximum Gasteiger partial charge on any atom is 0.254 e. The van der Waals surface area contributed by atoms with E-state index in [4.69, 9.17) is 0 Å². The van der Waals surface area contributed by atoms with Crippen molar-refractivity contribution in [3.05, 3.63) is 65.0 Å². The summed E-state index contributed by atoms with van der Waals surface area (Å²) >= 11 is 0. The predicted octanol–water partition coefficient (Wildman–Crippen LogP) is 3.72. The fourth-order valence-electron chi connectivity index (χ4n) is 4.68. The van der Waals surface area contributed by atoms with Gasteiger partial charge in [-0.15, -0.1) is 0 Å². The molecule has 0 radical (unpaired) electrons. The van der Waals surface area contributed by atoms with Crippen molar-refractivity contribution in [1.82, 2.24) is 10.2 Å². The average molecular weight is 438 g/mol. The van der Waals surface area contributed by atoms with Gasteiger partial charge in [-0.1, -0.05) is 18.9 Å². The zero-order valence-electron chi connectivity index (χ0n) is 18.4. The third kappa shape index (κ3) is 4.52. The van der Waals surface area contributed by atoms with Gasteiger partial charge in [-0.2, -0.15) is 0 Å². The van der Waals surface area contributed by atoms with E-state index in [1.54, 1.807) is 4.90 Å². The number of carbonyl (C=O) groups excluding carboxylic acids is 3. The number of halogens is 1. The molecule has 6 nitrogen and oxygen atoms in total. The number of aryl methyl sites for hydroxylation is 2. The monoisotopic (exact) mass is 437 g/mol. The third-order valence-corrected chi connectivity index (χ3v) is 6.55. The molecule has 4 rings (SSSR count). The van der Waals surface area contributed by atoms with E-state index in [0.29, 0.717) is 11.3 Å². The molecule has 1 aliphatic heterocycles. The van der Waals surface area contributed by atoms with Crippen molar-refractivity contribution < 1.29 is 18.8 Å². The molecule has 0 unspecified atom stereocenters. The molecule has 1 heterocycles. The summed E-state index contributed by atoms with van der Waals surface area (Å²) in [5, 5.41) is 5.88. The van der Waals surface area contributed by atoms with E-state index < -0.39 is 11.9 Å². The van der Waals surface area contributed by atoms with Gasteiger partial charge in [-0.05, 0) is 74.2 Å². The summed E-state index contributed by atoms with van der Waals surface area (Å²) in [4.78, 5) is 40.8. The van der Waals surface area contributed by atoms with Gasteiger partial charge in [0.2, 0.25) is 11.8 Å². The van der Waals surface area contributed by atoms with Crippen molar-refractivity contribution >= 4 is 23.4 Å². The van der Waals surface area contributed by atoms with E-state index in [1.807, 2.05) is 32.0 Å². The molecule has 0 aromatic heterocycles. The number of nitrogens with zero attached hydrogens (tertiary/aromatic N) is 1. The van der Waals surface area contributed by atoms with Gasteiger partial charge in [0.15, 0.2) is 0 Å². The Hall–Kier alpha value is -3.22. The van der Waals surface area contributed by atoms with Gasteiger partial charge in [0.1, 0.15) is 11.9 Å². The lowest BCUT2D eigenvalue weighted by Gasteiger charge is -2.48. The van der Waals surface area contributed by atoms with E-state index in [2.05, 4.69) is 10.6 Å². The SMILES string of the molecule is Cc1ccc(NC(=O)C[C@@H]2C(=O)N[C@H]3CCCC[C@H]3N2C(=O)c2ccc(F)cc2)cc1C. The normalized spacial score (nSPS) is 22.7. The summed E-state index contributed by atoms with van der Waals surface area (Å²) in [6.45, 7) is 3.96. The first-order chi connectivity index (χ1) is 15.3. The largest absolute Gasteiger partial charge is 0.349 e. The highest BCUT2D eigenvalue weighted by Gasteiger charge is 2.46. The average Bonchev–Trinajstić information content (AvgIpc) is 2.77. The number of piperazine rings is 1. The highest BCUT2D eigenvalue weighted by Crippen LogP contribution is 2.31. The Kier molecular flexibility index (Phi) is 6.26. The van der Waals surface area contributed by atoms with Crippen LogP contribution in [0.2, 0.25) is 0 Å². The first-order valence-corrected chi connectivity index (χ1v) is 11.1. The molecule has 2 aliphatic rings.